The van der Waals surface area contributed by atoms with E-state index in [1.165, 1.54) is 0 Å². The standard InChI is InChI=1S/C23H36O5/c1-23(2,3)16-10-12-17(13-11-16)28-22(25)20-9-5-4-8-19(20)21(24)27-15-18-7-6-14-26-18/h4-5,16-20H,6-15H2,1-3H3. The molecule has 2 fully saturated rings. The van der Waals surface area contributed by atoms with Gasteiger partial charge in [0, 0.05) is 6.61 Å². The second kappa shape index (κ2) is 9.43. The molecule has 0 aromatic carbocycles. The molecule has 5 nitrogen and oxygen atoms in total. The van der Waals surface area contributed by atoms with Crippen molar-refractivity contribution in [3.63, 3.8) is 0 Å². The van der Waals surface area contributed by atoms with Crippen LogP contribution in [0.1, 0.15) is 72.1 Å². The van der Waals surface area contributed by atoms with Crippen LogP contribution in [0.25, 0.3) is 0 Å². The predicted octanol–water partition coefficient (Wildman–Crippen LogP) is 4.44. The number of esters is 2. The van der Waals surface area contributed by atoms with Gasteiger partial charge in [-0.05, 0) is 62.7 Å². The maximum atomic E-state index is 12.8. The molecule has 3 aliphatic rings. The summed E-state index contributed by atoms with van der Waals surface area (Å²) in [4.78, 5) is 25.4. The van der Waals surface area contributed by atoms with E-state index in [0.717, 1.165) is 45.1 Å². The maximum Gasteiger partial charge on any atom is 0.310 e. The van der Waals surface area contributed by atoms with E-state index >= 15 is 0 Å². The maximum absolute atomic E-state index is 12.8. The van der Waals surface area contributed by atoms with Gasteiger partial charge >= 0.3 is 11.9 Å². The lowest BCUT2D eigenvalue weighted by Crippen LogP contribution is -2.37. The molecule has 28 heavy (non-hydrogen) atoms. The lowest BCUT2D eigenvalue weighted by molar-refractivity contribution is -0.167. The van der Waals surface area contributed by atoms with Gasteiger partial charge in [0.05, 0.1) is 17.9 Å². The summed E-state index contributed by atoms with van der Waals surface area (Å²) in [5.41, 5.74) is 0.307. The second-order valence-corrected chi connectivity index (χ2v) is 9.70. The van der Waals surface area contributed by atoms with Crippen LogP contribution in [0, 0.1) is 23.2 Å². The zero-order valence-electron chi connectivity index (χ0n) is 17.7. The van der Waals surface area contributed by atoms with Crippen LogP contribution in [-0.2, 0) is 23.8 Å². The number of rotatable bonds is 5. The Morgan fingerprint density at radius 1 is 0.964 bits per heavy atom. The van der Waals surface area contributed by atoms with Crippen molar-refractivity contribution in [2.75, 3.05) is 13.2 Å². The molecule has 0 N–H and O–H groups in total. The van der Waals surface area contributed by atoms with Crippen LogP contribution >= 0.6 is 0 Å². The van der Waals surface area contributed by atoms with Crippen molar-refractivity contribution in [2.45, 2.75) is 84.3 Å². The minimum atomic E-state index is -0.440. The first kappa shape index (κ1) is 21.4. The van der Waals surface area contributed by atoms with Gasteiger partial charge in [-0.15, -0.1) is 0 Å². The predicted molar refractivity (Wildman–Crippen MR) is 107 cm³/mol. The molecular weight excluding hydrogens is 356 g/mol. The third-order valence-corrected chi connectivity index (χ3v) is 6.66. The molecule has 1 saturated carbocycles. The second-order valence-electron chi connectivity index (χ2n) is 9.70. The minimum absolute atomic E-state index is 0.00600. The fraction of sp³-hybridized carbons (Fsp3) is 0.826. The number of carbonyl (C=O) groups is 2. The molecule has 5 heteroatoms. The molecule has 0 aromatic rings. The van der Waals surface area contributed by atoms with E-state index in [-0.39, 0.29) is 30.8 Å². The lowest BCUT2D eigenvalue weighted by Gasteiger charge is -2.37. The van der Waals surface area contributed by atoms with Crippen LogP contribution in [-0.4, -0.2) is 37.4 Å². The van der Waals surface area contributed by atoms with Crippen molar-refractivity contribution in [1.29, 1.82) is 0 Å². The summed E-state index contributed by atoms with van der Waals surface area (Å²) in [6.45, 7) is 7.87. The Morgan fingerprint density at radius 3 is 2.18 bits per heavy atom. The van der Waals surface area contributed by atoms with Crippen molar-refractivity contribution >= 4 is 11.9 Å². The summed E-state index contributed by atoms with van der Waals surface area (Å²) in [6, 6.07) is 0. The molecule has 0 spiro atoms. The molecule has 0 radical (unpaired) electrons. The first-order valence-electron chi connectivity index (χ1n) is 11.0. The number of allylic oxidation sites excluding steroid dienone is 2. The third-order valence-electron chi connectivity index (χ3n) is 6.66. The molecule has 2 aliphatic carbocycles. The summed E-state index contributed by atoms with van der Waals surface area (Å²) in [5.74, 6) is -0.714. The first-order valence-corrected chi connectivity index (χ1v) is 11.0. The van der Waals surface area contributed by atoms with Crippen LogP contribution in [0.5, 0.6) is 0 Å². The van der Waals surface area contributed by atoms with Crippen molar-refractivity contribution < 1.29 is 23.8 Å². The molecule has 158 valence electrons. The van der Waals surface area contributed by atoms with Gasteiger partial charge in [-0.1, -0.05) is 32.9 Å². The van der Waals surface area contributed by atoms with E-state index in [4.69, 9.17) is 14.2 Å². The summed E-state index contributed by atoms with van der Waals surface area (Å²) in [7, 11) is 0. The monoisotopic (exact) mass is 392 g/mol. The van der Waals surface area contributed by atoms with E-state index in [1.807, 2.05) is 12.2 Å². The molecule has 1 heterocycles. The van der Waals surface area contributed by atoms with Crippen LogP contribution in [0.2, 0.25) is 0 Å². The highest BCUT2D eigenvalue weighted by molar-refractivity contribution is 5.82. The Balaban J connectivity index is 1.49. The van der Waals surface area contributed by atoms with Crippen molar-refractivity contribution in [3.05, 3.63) is 12.2 Å². The number of hydrogen-bond donors (Lipinski definition) is 0. The molecule has 1 aliphatic heterocycles. The van der Waals surface area contributed by atoms with Crippen molar-refractivity contribution in [3.8, 4) is 0 Å². The highest BCUT2D eigenvalue weighted by Crippen LogP contribution is 2.39. The van der Waals surface area contributed by atoms with Gasteiger partial charge in [0.25, 0.3) is 0 Å². The topological polar surface area (TPSA) is 61.8 Å². The average molecular weight is 393 g/mol. The van der Waals surface area contributed by atoms with Crippen LogP contribution in [0.4, 0.5) is 0 Å². The van der Waals surface area contributed by atoms with E-state index in [1.54, 1.807) is 0 Å². The number of hydrogen-bond acceptors (Lipinski definition) is 5. The molecule has 3 atom stereocenters. The quantitative estimate of drug-likeness (QED) is 0.511. The van der Waals surface area contributed by atoms with Gasteiger partial charge in [0.15, 0.2) is 0 Å². The zero-order chi connectivity index (χ0) is 20.1. The number of ether oxygens (including phenoxy) is 3. The normalized spacial score (nSPS) is 33.5. The molecule has 0 bridgehead atoms. The number of carbonyl (C=O) groups excluding carboxylic acids is 2. The summed E-state index contributed by atoms with van der Waals surface area (Å²) in [5, 5.41) is 0. The summed E-state index contributed by atoms with van der Waals surface area (Å²) >= 11 is 0. The molecule has 0 aromatic heterocycles. The summed E-state index contributed by atoms with van der Waals surface area (Å²) < 4.78 is 16.8. The minimum Gasteiger partial charge on any atom is -0.463 e. The van der Waals surface area contributed by atoms with E-state index < -0.39 is 11.8 Å². The van der Waals surface area contributed by atoms with Crippen molar-refractivity contribution in [1.82, 2.24) is 0 Å². The zero-order valence-corrected chi connectivity index (χ0v) is 17.7. The Hall–Kier alpha value is -1.36. The van der Waals surface area contributed by atoms with E-state index in [0.29, 0.717) is 24.2 Å². The Bertz CT molecular complexity index is 562. The molecule has 1 saturated heterocycles. The van der Waals surface area contributed by atoms with Crippen molar-refractivity contribution in [2.24, 2.45) is 23.2 Å². The van der Waals surface area contributed by atoms with Gasteiger partial charge in [0.1, 0.15) is 12.7 Å². The van der Waals surface area contributed by atoms with Crippen LogP contribution < -0.4 is 0 Å². The fourth-order valence-corrected chi connectivity index (χ4v) is 4.69. The van der Waals surface area contributed by atoms with E-state index in [9.17, 15) is 9.59 Å². The van der Waals surface area contributed by atoms with E-state index in [2.05, 4.69) is 20.8 Å². The Kier molecular flexibility index (Phi) is 7.19. The third kappa shape index (κ3) is 5.59. The fourth-order valence-electron chi connectivity index (χ4n) is 4.69. The first-order chi connectivity index (χ1) is 13.3. The van der Waals surface area contributed by atoms with Crippen LogP contribution in [0.3, 0.4) is 0 Å². The largest absolute Gasteiger partial charge is 0.463 e. The van der Waals surface area contributed by atoms with Gasteiger partial charge in [0.2, 0.25) is 0 Å². The molecule has 0 amide bonds. The van der Waals surface area contributed by atoms with Gasteiger partial charge in [-0.2, -0.15) is 0 Å². The van der Waals surface area contributed by atoms with Gasteiger partial charge < -0.3 is 14.2 Å². The Morgan fingerprint density at radius 2 is 1.61 bits per heavy atom. The highest BCUT2D eigenvalue weighted by Gasteiger charge is 2.38. The smallest absolute Gasteiger partial charge is 0.310 e. The van der Waals surface area contributed by atoms with Gasteiger partial charge in [-0.3, -0.25) is 9.59 Å². The highest BCUT2D eigenvalue weighted by atomic mass is 16.6. The molecule has 3 rings (SSSR count). The molecular formula is C23H36O5. The SMILES string of the molecule is CC(C)(C)C1CCC(OC(=O)C2CC=CCC2C(=O)OCC2CCCO2)CC1. The Labute approximate surface area is 169 Å². The van der Waals surface area contributed by atoms with Crippen LogP contribution in [0.15, 0.2) is 12.2 Å². The average Bonchev–Trinajstić information content (AvgIpc) is 3.19. The molecule has 3 unspecified atom stereocenters. The summed E-state index contributed by atoms with van der Waals surface area (Å²) in [6.07, 6.45) is 11.0. The lowest BCUT2D eigenvalue weighted by atomic mass is 9.72. The van der Waals surface area contributed by atoms with Gasteiger partial charge in [-0.25, -0.2) is 0 Å².